The number of aryl methyl sites for hydroxylation is 2. The molecule has 0 aliphatic heterocycles. The normalized spacial score (nSPS) is 9.88. The fourth-order valence-electron chi connectivity index (χ4n) is 1.38. The van der Waals surface area contributed by atoms with Gasteiger partial charge in [-0.25, -0.2) is 0 Å². The van der Waals surface area contributed by atoms with E-state index >= 15 is 0 Å². The zero-order valence-corrected chi connectivity index (χ0v) is 9.57. The summed E-state index contributed by atoms with van der Waals surface area (Å²) in [4.78, 5) is 0. The fraction of sp³-hybridized carbons (Fsp3) is 0.143. The molecule has 0 unspecified atom stereocenters. The van der Waals surface area contributed by atoms with E-state index in [1.807, 2.05) is 24.3 Å². The fourth-order valence-corrected chi connectivity index (χ4v) is 1.38. The SMILES string of the molecule is Cc1ccc([N]Nc2ccc(C)cc2)cc1. The maximum atomic E-state index is 4.30. The molecule has 2 rings (SSSR count). The second-order valence-electron chi connectivity index (χ2n) is 3.93. The Labute approximate surface area is 96.3 Å². The number of anilines is 1. The third-order valence-electron chi connectivity index (χ3n) is 2.40. The molecule has 0 amide bonds. The molecule has 2 aromatic carbocycles. The molecule has 1 N–H and O–H groups in total. The van der Waals surface area contributed by atoms with Crippen LogP contribution in [0.1, 0.15) is 11.1 Å². The van der Waals surface area contributed by atoms with Crippen LogP contribution in [-0.2, 0) is 0 Å². The number of nitrogens with one attached hydrogen (secondary N) is 1. The summed E-state index contributed by atoms with van der Waals surface area (Å²) in [6, 6.07) is 16.3. The molecule has 0 aromatic heterocycles. The summed E-state index contributed by atoms with van der Waals surface area (Å²) >= 11 is 0. The van der Waals surface area contributed by atoms with Crippen LogP contribution in [0.25, 0.3) is 0 Å². The van der Waals surface area contributed by atoms with Crippen LogP contribution < -0.4 is 10.9 Å². The molecule has 1 radical (unpaired) electrons. The van der Waals surface area contributed by atoms with Gasteiger partial charge in [-0.3, -0.25) is 5.43 Å². The molecule has 0 fully saturated rings. The van der Waals surface area contributed by atoms with Crippen molar-refractivity contribution in [1.29, 1.82) is 0 Å². The lowest BCUT2D eigenvalue weighted by atomic mass is 10.2. The topological polar surface area (TPSA) is 26.1 Å². The van der Waals surface area contributed by atoms with Crippen LogP contribution in [0.5, 0.6) is 0 Å². The second kappa shape index (κ2) is 4.71. The van der Waals surface area contributed by atoms with Crippen molar-refractivity contribution >= 4 is 11.4 Å². The molecule has 0 saturated heterocycles. The predicted molar refractivity (Wildman–Crippen MR) is 67.8 cm³/mol. The molecule has 0 saturated carbocycles. The van der Waals surface area contributed by atoms with E-state index in [0.29, 0.717) is 0 Å². The van der Waals surface area contributed by atoms with Crippen LogP contribution >= 0.6 is 0 Å². The first-order valence-electron chi connectivity index (χ1n) is 5.34. The van der Waals surface area contributed by atoms with Crippen LogP contribution in [0.4, 0.5) is 11.4 Å². The summed E-state index contributed by atoms with van der Waals surface area (Å²) in [7, 11) is 0. The van der Waals surface area contributed by atoms with Gasteiger partial charge in [0.25, 0.3) is 0 Å². The highest BCUT2D eigenvalue weighted by Gasteiger charge is 1.94. The van der Waals surface area contributed by atoms with E-state index in [0.717, 1.165) is 11.4 Å². The Morgan fingerprint density at radius 2 is 1.25 bits per heavy atom. The number of benzene rings is 2. The average Bonchev–Trinajstić information content (AvgIpc) is 2.30. The summed E-state index contributed by atoms with van der Waals surface area (Å²) < 4.78 is 0. The maximum absolute atomic E-state index is 4.30. The Kier molecular flexibility index (Phi) is 3.10. The standard InChI is InChI=1S/C14H15N2/c1-11-3-7-13(8-4-11)15-16-14-9-5-12(2)6-10-14/h3-10,15H,1-2H3. The number of hydrogen-bond donors (Lipinski definition) is 1. The first kappa shape index (κ1) is 10.6. The summed E-state index contributed by atoms with van der Waals surface area (Å²) in [6.45, 7) is 4.14. The molecular weight excluding hydrogens is 196 g/mol. The summed E-state index contributed by atoms with van der Waals surface area (Å²) in [5, 5.41) is 0. The average molecular weight is 211 g/mol. The quantitative estimate of drug-likeness (QED) is 0.772. The molecular formula is C14H15N2. The van der Waals surface area contributed by atoms with Crippen molar-refractivity contribution in [3.05, 3.63) is 59.7 Å². The van der Waals surface area contributed by atoms with E-state index < -0.39 is 0 Å². The molecule has 0 atom stereocenters. The van der Waals surface area contributed by atoms with Gasteiger partial charge in [0.15, 0.2) is 0 Å². The summed E-state index contributed by atoms with van der Waals surface area (Å²) in [5.41, 5.74) is 11.8. The highest BCUT2D eigenvalue weighted by Crippen LogP contribution is 2.12. The minimum atomic E-state index is 0.936. The minimum Gasteiger partial charge on any atom is -0.278 e. The third kappa shape index (κ3) is 2.76. The van der Waals surface area contributed by atoms with E-state index in [2.05, 4.69) is 49.0 Å². The molecule has 0 aliphatic rings. The lowest BCUT2D eigenvalue weighted by Crippen LogP contribution is -2.06. The molecule has 0 heterocycles. The summed E-state index contributed by atoms with van der Waals surface area (Å²) in [6.07, 6.45) is 0. The van der Waals surface area contributed by atoms with Crippen molar-refractivity contribution in [3.63, 3.8) is 0 Å². The van der Waals surface area contributed by atoms with E-state index in [1.165, 1.54) is 11.1 Å². The molecule has 81 valence electrons. The Bertz CT molecular complexity index is 398. The minimum absolute atomic E-state index is 0.936. The van der Waals surface area contributed by atoms with E-state index in [-0.39, 0.29) is 0 Å². The van der Waals surface area contributed by atoms with Crippen molar-refractivity contribution in [2.45, 2.75) is 13.8 Å². The Balaban J connectivity index is 1.97. The maximum Gasteiger partial charge on any atom is 0.0833 e. The molecule has 2 heteroatoms. The van der Waals surface area contributed by atoms with Gasteiger partial charge in [0.1, 0.15) is 0 Å². The zero-order valence-electron chi connectivity index (χ0n) is 9.57. The van der Waals surface area contributed by atoms with Crippen molar-refractivity contribution in [2.75, 3.05) is 5.43 Å². The largest absolute Gasteiger partial charge is 0.278 e. The second-order valence-corrected chi connectivity index (χ2v) is 3.93. The highest BCUT2D eigenvalue weighted by molar-refractivity contribution is 5.47. The van der Waals surface area contributed by atoms with Crippen molar-refractivity contribution in [2.24, 2.45) is 0 Å². The number of nitrogens with zero attached hydrogens (tertiary/aromatic N) is 1. The van der Waals surface area contributed by atoms with Gasteiger partial charge in [0.2, 0.25) is 0 Å². The smallest absolute Gasteiger partial charge is 0.0833 e. The molecule has 2 aromatic rings. The summed E-state index contributed by atoms with van der Waals surface area (Å²) in [5.74, 6) is 0. The molecule has 0 aliphatic carbocycles. The van der Waals surface area contributed by atoms with Gasteiger partial charge in [-0.1, -0.05) is 35.4 Å². The van der Waals surface area contributed by atoms with Gasteiger partial charge in [0, 0.05) is 0 Å². The van der Waals surface area contributed by atoms with Crippen molar-refractivity contribution in [3.8, 4) is 0 Å². The first-order valence-corrected chi connectivity index (χ1v) is 5.34. The zero-order chi connectivity index (χ0) is 11.4. The van der Waals surface area contributed by atoms with Crippen LogP contribution in [0.15, 0.2) is 48.5 Å². The highest BCUT2D eigenvalue weighted by atomic mass is 15.4. The van der Waals surface area contributed by atoms with Crippen LogP contribution in [0.2, 0.25) is 0 Å². The molecule has 0 bridgehead atoms. The Hall–Kier alpha value is -1.96. The van der Waals surface area contributed by atoms with Crippen LogP contribution in [-0.4, -0.2) is 0 Å². The Morgan fingerprint density at radius 1 is 0.750 bits per heavy atom. The predicted octanol–water partition coefficient (Wildman–Crippen LogP) is 3.57. The van der Waals surface area contributed by atoms with E-state index in [1.54, 1.807) is 0 Å². The van der Waals surface area contributed by atoms with Crippen LogP contribution in [0, 0.1) is 13.8 Å². The van der Waals surface area contributed by atoms with Gasteiger partial charge < -0.3 is 0 Å². The lowest BCUT2D eigenvalue weighted by molar-refractivity contribution is 1.05. The van der Waals surface area contributed by atoms with Crippen molar-refractivity contribution in [1.82, 2.24) is 5.43 Å². The molecule has 16 heavy (non-hydrogen) atoms. The van der Waals surface area contributed by atoms with E-state index in [4.69, 9.17) is 0 Å². The third-order valence-corrected chi connectivity index (χ3v) is 2.40. The van der Waals surface area contributed by atoms with E-state index in [9.17, 15) is 0 Å². The van der Waals surface area contributed by atoms with Crippen LogP contribution in [0.3, 0.4) is 0 Å². The molecule has 2 nitrogen and oxygen atoms in total. The van der Waals surface area contributed by atoms with Gasteiger partial charge in [-0.2, -0.15) is 5.43 Å². The molecule has 0 spiro atoms. The first-order chi connectivity index (χ1) is 7.74. The number of hydrogen-bond acceptors (Lipinski definition) is 1. The van der Waals surface area contributed by atoms with Gasteiger partial charge >= 0.3 is 0 Å². The van der Waals surface area contributed by atoms with Crippen molar-refractivity contribution < 1.29 is 0 Å². The van der Waals surface area contributed by atoms with Gasteiger partial charge in [-0.15, -0.1) is 0 Å². The van der Waals surface area contributed by atoms with Gasteiger partial charge in [0.05, 0.1) is 11.4 Å². The Morgan fingerprint density at radius 3 is 1.81 bits per heavy atom. The monoisotopic (exact) mass is 211 g/mol. The lowest BCUT2D eigenvalue weighted by Gasteiger charge is -2.06. The van der Waals surface area contributed by atoms with Gasteiger partial charge in [-0.05, 0) is 38.1 Å². The number of rotatable bonds is 3.